The highest BCUT2D eigenvalue weighted by Gasteiger charge is 2.12. The average Bonchev–Trinajstić information content (AvgIpc) is 3.21. The van der Waals surface area contributed by atoms with Crippen LogP contribution in [0.1, 0.15) is 20.8 Å². The zero-order valence-electron chi connectivity index (χ0n) is 10.8. The Kier molecular flexibility index (Phi) is 4.07. The second-order valence-electron chi connectivity index (χ2n) is 3.83. The topological polar surface area (TPSA) is 123 Å². The molecular formula is C11H7N7O2S2. The first-order valence-electron chi connectivity index (χ1n) is 5.83. The third kappa shape index (κ3) is 3.27. The second kappa shape index (κ2) is 6.32. The molecule has 0 saturated carbocycles. The number of anilines is 2. The van der Waals surface area contributed by atoms with Crippen LogP contribution in [0.4, 0.5) is 10.3 Å². The molecule has 2 amide bonds. The summed E-state index contributed by atoms with van der Waals surface area (Å²) in [5, 5.41) is 20.5. The molecule has 0 spiro atoms. The van der Waals surface area contributed by atoms with Gasteiger partial charge in [-0.1, -0.05) is 22.7 Å². The van der Waals surface area contributed by atoms with Gasteiger partial charge in [0.1, 0.15) is 16.7 Å². The van der Waals surface area contributed by atoms with E-state index in [-0.39, 0.29) is 11.6 Å². The molecule has 0 radical (unpaired) electrons. The first-order valence-corrected chi connectivity index (χ1v) is 7.59. The lowest BCUT2D eigenvalue weighted by Gasteiger charge is -2.03. The fourth-order valence-electron chi connectivity index (χ4n) is 1.45. The Hall–Kier alpha value is -2.79. The molecule has 0 aliphatic heterocycles. The zero-order chi connectivity index (χ0) is 15.4. The van der Waals surface area contributed by atoms with Crippen LogP contribution >= 0.6 is 22.7 Å². The number of nitrogens with zero attached hydrogens (tertiary/aromatic N) is 5. The van der Waals surface area contributed by atoms with Crippen molar-refractivity contribution in [2.45, 2.75) is 0 Å². The van der Waals surface area contributed by atoms with Gasteiger partial charge in [-0.2, -0.15) is 0 Å². The van der Waals surface area contributed by atoms with Gasteiger partial charge in [-0.15, -0.1) is 20.4 Å². The molecule has 3 aromatic rings. The summed E-state index contributed by atoms with van der Waals surface area (Å²) in [7, 11) is 0. The van der Waals surface area contributed by atoms with E-state index in [0.717, 1.165) is 0 Å². The van der Waals surface area contributed by atoms with Crippen LogP contribution in [0.3, 0.4) is 0 Å². The number of carbonyl (C=O) groups excluding carboxylic acids is 2. The Morgan fingerprint density at radius 2 is 1.55 bits per heavy atom. The van der Waals surface area contributed by atoms with Crippen molar-refractivity contribution in [3.05, 3.63) is 40.6 Å². The molecule has 0 bridgehead atoms. The number of nitrogens with one attached hydrogen (secondary N) is 2. The van der Waals surface area contributed by atoms with Crippen LogP contribution in [0.15, 0.2) is 29.4 Å². The van der Waals surface area contributed by atoms with Crippen LogP contribution in [0.5, 0.6) is 0 Å². The minimum Gasteiger partial charge on any atom is -0.296 e. The number of hydrogen-bond acceptors (Lipinski definition) is 9. The first-order chi connectivity index (χ1) is 10.7. The molecule has 11 heteroatoms. The molecule has 2 N–H and O–H groups in total. The van der Waals surface area contributed by atoms with Gasteiger partial charge in [0.25, 0.3) is 11.8 Å². The van der Waals surface area contributed by atoms with E-state index in [4.69, 9.17) is 0 Å². The van der Waals surface area contributed by atoms with Crippen LogP contribution in [0.2, 0.25) is 0 Å². The fraction of sp³-hybridized carbons (Fsp3) is 0. The summed E-state index contributed by atoms with van der Waals surface area (Å²) in [6, 6.07) is 2.95. The van der Waals surface area contributed by atoms with E-state index in [1.807, 2.05) is 0 Å². The van der Waals surface area contributed by atoms with Gasteiger partial charge in [0.2, 0.25) is 10.3 Å². The summed E-state index contributed by atoms with van der Waals surface area (Å²) in [5.41, 5.74) is 3.49. The van der Waals surface area contributed by atoms with Gasteiger partial charge < -0.3 is 0 Å². The predicted octanol–water partition coefficient (Wildman–Crippen LogP) is 1.29. The maximum atomic E-state index is 11.9. The van der Waals surface area contributed by atoms with E-state index in [1.54, 1.807) is 0 Å². The van der Waals surface area contributed by atoms with Gasteiger partial charge in [-0.05, 0) is 12.1 Å². The smallest absolute Gasteiger partial charge is 0.276 e. The summed E-state index contributed by atoms with van der Waals surface area (Å²) >= 11 is 2.40. The second-order valence-corrected chi connectivity index (χ2v) is 5.49. The highest BCUT2D eigenvalue weighted by molar-refractivity contribution is 7.13. The number of hydrogen-bond donors (Lipinski definition) is 2. The molecule has 0 atom stereocenters. The van der Waals surface area contributed by atoms with Gasteiger partial charge in [-0.3, -0.25) is 25.2 Å². The van der Waals surface area contributed by atoms with E-state index < -0.39 is 5.91 Å². The van der Waals surface area contributed by atoms with E-state index in [0.29, 0.717) is 15.8 Å². The average molecular weight is 333 g/mol. The van der Waals surface area contributed by atoms with Crippen molar-refractivity contribution in [2.24, 2.45) is 0 Å². The highest BCUT2D eigenvalue weighted by Crippen LogP contribution is 2.12. The molecular weight excluding hydrogens is 326 g/mol. The van der Waals surface area contributed by atoms with Gasteiger partial charge in [0.05, 0.1) is 5.56 Å². The third-order valence-corrected chi connectivity index (χ3v) is 3.63. The molecule has 3 heterocycles. The number of rotatable bonds is 4. The van der Waals surface area contributed by atoms with Gasteiger partial charge in [-0.25, -0.2) is 0 Å². The minimum atomic E-state index is -0.423. The molecule has 22 heavy (non-hydrogen) atoms. The summed E-state index contributed by atoms with van der Waals surface area (Å²) in [5.74, 6) is -0.798. The molecule has 0 aromatic carbocycles. The third-order valence-electron chi connectivity index (χ3n) is 2.42. The monoisotopic (exact) mass is 333 g/mol. The molecule has 0 fully saturated rings. The largest absolute Gasteiger partial charge is 0.296 e. The highest BCUT2D eigenvalue weighted by atomic mass is 32.1. The van der Waals surface area contributed by atoms with Crippen molar-refractivity contribution in [3.63, 3.8) is 0 Å². The molecule has 0 saturated heterocycles. The molecule has 3 aromatic heterocycles. The number of carbonyl (C=O) groups is 2. The van der Waals surface area contributed by atoms with E-state index in [9.17, 15) is 9.59 Å². The standard InChI is InChI=1S/C11H7N7O2S2/c19-8(15-10-17-13-4-21-10)6-1-2-7(12-3-6)9(20)16-11-18-14-5-22-11/h1-5H,(H,15,17,19)(H,16,18,20). The predicted molar refractivity (Wildman–Crippen MR) is 80.0 cm³/mol. The van der Waals surface area contributed by atoms with Crippen molar-refractivity contribution in [2.75, 3.05) is 10.6 Å². The molecule has 0 aliphatic rings. The van der Waals surface area contributed by atoms with Crippen molar-refractivity contribution < 1.29 is 9.59 Å². The van der Waals surface area contributed by atoms with Crippen LogP contribution < -0.4 is 10.6 Å². The Bertz CT molecular complexity index is 704. The van der Waals surface area contributed by atoms with Crippen LogP contribution in [-0.4, -0.2) is 37.2 Å². The summed E-state index contributed by atoms with van der Waals surface area (Å²) in [6.07, 6.45) is 1.31. The Morgan fingerprint density at radius 1 is 0.909 bits per heavy atom. The molecule has 9 nitrogen and oxygen atoms in total. The van der Waals surface area contributed by atoms with Crippen LogP contribution in [-0.2, 0) is 0 Å². The first kappa shape index (κ1) is 14.2. The normalized spacial score (nSPS) is 10.2. The van der Waals surface area contributed by atoms with E-state index >= 15 is 0 Å². The van der Waals surface area contributed by atoms with Crippen LogP contribution in [0, 0.1) is 0 Å². The lowest BCUT2D eigenvalue weighted by atomic mass is 10.2. The SMILES string of the molecule is O=C(Nc1nncs1)c1ccc(C(=O)Nc2nncs2)nc1. The zero-order valence-corrected chi connectivity index (χ0v) is 12.4. The number of pyridine rings is 1. The van der Waals surface area contributed by atoms with E-state index in [1.165, 1.54) is 52.0 Å². The van der Waals surface area contributed by atoms with Gasteiger partial charge in [0.15, 0.2) is 0 Å². The molecule has 110 valence electrons. The lowest BCUT2D eigenvalue weighted by molar-refractivity contribution is 0.101. The van der Waals surface area contributed by atoms with Gasteiger partial charge >= 0.3 is 0 Å². The minimum absolute atomic E-state index is 0.169. The molecule has 0 unspecified atom stereocenters. The Balaban J connectivity index is 1.67. The molecule has 0 aliphatic carbocycles. The van der Waals surface area contributed by atoms with Crippen molar-refractivity contribution in [1.82, 2.24) is 25.4 Å². The maximum absolute atomic E-state index is 11.9. The Labute approximate surface area is 131 Å². The summed E-state index contributed by atoms with van der Waals surface area (Å²) in [6.45, 7) is 0. The van der Waals surface area contributed by atoms with E-state index in [2.05, 4.69) is 36.0 Å². The summed E-state index contributed by atoms with van der Waals surface area (Å²) in [4.78, 5) is 27.8. The summed E-state index contributed by atoms with van der Waals surface area (Å²) < 4.78 is 0. The maximum Gasteiger partial charge on any atom is 0.276 e. The number of amides is 2. The number of aromatic nitrogens is 5. The van der Waals surface area contributed by atoms with Crippen molar-refractivity contribution in [3.8, 4) is 0 Å². The molecule has 3 rings (SSSR count). The van der Waals surface area contributed by atoms with Gasteiger partial charge in [0, 0.05) is 6.20 Å². The lowest BCUT2D eigenvalue weighted by Crippen LogP contribution is -2.16. The van der Waals surface area contributed by atoms with Crippen molar-refractivity contribution in [1.29, 1.82) is 0 Å². The van der Waals surface area contributed by atoms with Crippen molar-refractivity contribution >= 4 is 44.8 Å². The fourth-order valence-corrected chi connectivity index (χ4v) is 2.33. The Morgan fingerprint density at radius 3 is 2.05 bits per heavy atom. The quantitative estimate of drug-likeness (QED) is 0.737. The van der Waals surface area contributed by atoms with Crippen LogP contribution in [0.25, 0.3) is 0 Å².